The Balaban J connectivity index is 0.000000561. The van der Waals surface area contributed by atoms with Gasteiger partial charge in [-0.3, -0.25) is 0 Å². The van der Waals surface area contributed by atoms with Crippen molar-refractivity contribution >= 4 is 0 Å². The fraction of sp³-hybridized carbons (Fsp3) is 0.818. The van der Waals surface area contributed by atoms with Crippen LogP contribution in [0.3, 0.4) is 0 Å². The van der Waals surface area contributed by atoms with Gasteiger partial charge in [-0.15, -0.1) is 6.58 Å². The van der Waals surface area contributed by atoms with Gasteiger partial charge in [0.1, 0.15) is 0 Å². The Morgan fingerprint density at radius 2 is 1.92 bits per heavy atom. The lowest BCUT2D eigenvalue weighted by Crippen LogP contribution is -2.53. The summed E-state index contributed by atoms with van der Waals surface area (Å²) in [6.07, 6.45) is 4.54. The molecule has 12 heavy (non-hydrogen) atoms. The molecule has 0 aromatic heterocycles. The van der Waals surface area contributed by atoms with Gasteiger partial charge in [-0.1, -0.05) is 26.8 Å². The number of nitrogens with zero attached hydrogens (tertiary/aromatic N) is 1. The van der Waals surface area contributed by atoms with Crippen LogP contribution in [-0.4, -0.2) is 25.0 Å². The summed E-state index contributed by atoms with van der Waals surface area (Å²) >= 11 is 0. The number of rotatable bonds is 3. The van der Waals surface area contributed by atoms with Crippen molar-refractivity contribution in [2.24, 2.45) is 5.41 Å². The lowest BCUT2D eigenvalue weighted by molar-refractivity contribution is 0.0215. The highest BCUT2D eigenvalue weighted by atomic mass is 15.2. The highest BCUT2D eigenvalue weighted by molar-refractivity contribution is 4.96. The number of allylic oxidation sites excluding steroid dienone is 1. The van der Waals surface area contributed by atoms with E-state index < -0.39 is 0 Å². The van der Waals surface area contributed by atoms with Crippen molar-refractivity contribution in [3.63, 3.8) is 0 Å². The zero-order valence-electron chi connectivity index (χ0n) is 9.06. The zero-order valence-corrected chi connectivity index (χ0v) is 9.06. The third-order valence-corrected chi connectivity index (χ3v) is 2.54. The summed E-state index contributed by atoms with van der Waals surface area (Å²) in [5, 5.41) is 0. The van der Waals surface area contributed by atoms with E-state index in [0.29, 0.717) is 5.41 Å². The first-order valence-corrected chi connectivity index (χ1v) is 5.02. The molecule has 1 fully saturated rings. The highest BCUT2D eigenvalue weighted by Gasteiger charge is 2.37. The first kappa shape index (κ1) is 11.7. The van der Waals surface area contributed by atoms with Crippen LogP contribution < -0.4 is 0 Å². The molecule has 1 heteroatoms. The zero-order chi connectivity index (χ0) is 9.61. The first-order chi connectivity index (χ1) is 5.72. The fourth-order valence-electron chi connectivity index (χ4n) is 1.90. The van der Waals surface area contributed by atoms with E-state index in [2.05, 4.69) is 31.5 Å². The molecule has 0 spiro atoms. The molecule has 1 heterocycles. The molecule has 0 radical (unpaired) electrons. The van der Waals surface area contributed by atoms with E-state index in [4.69, 9.17) is 0 Å². The maximum absolute atomic E-state index is 3.78. The van der Waals surface area contributed by atoms with Crippen molar-refractivity contribution in [3.05, 3.63) is 12.7 Å². The van der Waals surface area contributed by atoms with Gasteiger partial charge in [0.05, 0.1) is 0 Å². The molecule has 1 nitrogen and oxygen atoms in total. The topological polar surface area (TPSA) is 3.24 Å². The second-order valence-corrected chi connectivity index (χ2v) is 3.52. The summed E-state index contributed by atoms with van der Waals surface area (Å²) in [4.78, 5) is 2.37. The minimum absolute atomic E-state index is 0.594. The Morgan fingerprint density at radius 3 is 2.17 bits per heavy atom. The second-order valence-electron chi connectivity index (χ2n) is 3.52. The van der Waals surface area contributed by atoms with Crippen LogP contribution in [0.15, 0.2) is 12.7 Å². The number of likely N-dealkylation sites (tertiary alicyclic amines) is 1. The van der Waals surface area contributed by atoms with Gasteiger partial charge in [-0.05, 0) is 25.3 Å². The molecule has 0 N–H and O–H groups in total. The summed E-state index contributed by atoms with van der Waals surface area (Å²) < 4.78 is 0. The lowest BCUT2D eigenvalue weighted by Gasteiger charge is -2.48. The standard InChI is InChI=1S/C9H17N.C2H6/c1-4-6-9(5-2)7-10(3)8-9;1-2/h4H,1,5-8H2,2-3H3;1-2H3. The summed E-state index contributed by atoms with van der Waals surface area (Å²) in [6, 6.07) is 0. The van der Waals surface area contributed by atoms with Gasteiger partial charge < -0.3 is 4.90 Å². The third-order valence-electron chi connectivity index (χ3n) is 2.54. The van der Waals surface area contributed by atoms with Crippen LogP contribution in [0.2, 0.25) is 0 Å². The maximum atomic E-state index is 3.78. The smallest absolute Gasteiger partial charge is 0.00503 e. The van der Waals surface area contributed by atoms with E-state index in [0.717, 1.165) is 0 Å². The van der Waals surface area contributed by atoms with Crippen molar-refractivity contribution in [1.82, 2.24) is 4.90 Å². The van der Waals surface area contributed by atoms with Crippen LogP contribution in [0, 0.1) is 5.41 Å². The van der Waals surface area contributed by atoms with Crippen LogP contribution >= 0.6 is 0 Å². The summed E-state index contributed by atoms with van der Waals surface area (Å²) in [5.41, 5.74) is 0.594. The van der Waals surface area contributed by atoms with Crippen LogP contribution in [0.25, 0.3) is 0 Å². The molecule has 0 saturated carbocycles. The van der Waals surface area contributed by atoms with Gasteiger partial charge in [0.2, 0.25) is 0 Å². The van der Waals surface area contributed by atoms with Crippen molar-refractivity contribution < 1.29 is 0 Å². The summed E-state index contributed by atoms with van der Waals surface area (Å²) in [6.45, 7) is 12.6. The summed E-state index contributed by atoms with van der Waals surface area (Å²) in [5.74, 6) is 0. The van der Waals surface area contributed by atoms with Crippen LogP contribution in [0.5, 0.6) is 0 Å². The van der Waals surface area contributed by atoms with E-state index in [9.17, 15) is 0 Å². The SMILES string of the molecule is C=CCC1(CC)CN(C)C1.CC. The van der Waals surface area contributed by atoms with E-state index in [1.807, 2.05) is 13.8 Å². The van der Waals surface area contributed by atoms with Crippen molar-refractivity contribution in [1.29, 1.82) is 0 Å². The number of hydrogen-bond donors (Lipinski definition) is 0. The van der Waals surface area contributed by atoms with Gasteiger partial charge in [0.25, 0.3) is 0 Å². The third kappa shape index (κ3) is 2.63. The van der Waals surface area contributed by atoms with E-state index in [1.165, 1.54) is 25.9 Å². The molecule has 1 saturated heterocycles. The molecule has 0 atom stereocenters. The largest absolute Gasteiger partial charge is 0.305 e. The molecule has 1 rings (SSSR count). The fourth-order valence-corrected chi connectivity index (χ4v) is 1.90. The quantitative estimate of drug-likeness (QED) is 0.587. The average Bonchev–Trinajstić information content (AvgIpc) is 2.05. The molecule has 0 aliphatic carbocycles. The second kappa shape index (κ2) is 5.36. The predicted molar refractivity (Wildman–Crippen MR) is 56.4 cm³/mol. The first-order valence-electron chi connectivity index (χ1n) is 5.02. The normalized spacial score (nSPS) is 20.3. The Kier molecular flexibility index (Phi) is 5.23. The van der Waals surface area contributed by atoms with Gasteiger partial charge in [-0.25, -0.2) is 0 Å². The molecule has 0 aromatic carbocycles. The minimum Gasteiger partial charge on any atom is -0.305 e. The van der Waals surface area contributed by atoms with Gasteiger partial charge in [-0.2, -0.15) is 0 Å². The monoisotopic (exact) mass is 169 g/mol. The van der Waals surface area contributed by atoms with Crippen LogP contribution in [-0.2, 0) is 0 Å². The molecular formula is C11H23N. The Labute approximate surface area is 77.5 Å². The highest BCUT2D eigenvalue weighted by Crippen LogP contribution is 2.36. The minimum atomic E-state index is 0.594. The molecular weight excluding hydrogens is 146 g/mol. The van der Waals surface area contributed by atoms with Crippen LogP contribution in [0.1, 0.15) is 33.6 Å². The van der Waals surface area contributed by atoms with Crippen molar-refractivity contribution in [2.75, 3.05) is 20.1 Å². The van der Waals surface area contributed by atoms with Gasteiger partial charge in [0, 0.05) is 13.1 Å². The Morgan fingerprint density at radius 1 is 1.42 bits per heavy atom. The predicted octanol–water partition coefficient (Wildman–Crippen LogP) is 2.93. The van der Waals surface area contributed by atoms with Crippen molar-refractivity contribution in [3.8, 4) is 0 Å². The maximum Gasteiger partial charge on any atom is 0.00503 e. The number of hydrogen-bond acceptors (Lipinski definition) is 1. The van der Waals surface area contributed by atoms with E-state index >= 15 is 0 Å². The van der Waals surface area contributed by atoms with Crippen molar-refractivity contribution in [2.45, 2.75) is 33.6 Å². The molecule has 0 bridgehead atoms. The van der Waals surface area contributed by atoms with E-state index in [-0.39, 0.29) is 0 Å². The molecule has 72 valence electrons. The van der Waals surface area contributed by atoms with Gasteiger partial charge >= 0.3 is 0 Å². The average molecular weight is 169 g/mol. The van der Waals surface area contributed by atoms with Crippen LogP contribution in [0.4, 0.5) is 0 Å². The lowest BCUT2D eigenvalue weighted by atomic mass is 9.75. The molecule has 1 aliphatic heterocycles. The summed E-state index contributed by atoms with van der Waals surface area (Å²) in [7, 11) is 2.18. The molecule has 1 aliphatic rings. The van der Waals surface area contributed by atoms with E-state index in [1.54, 1.807) is 0 Å². The van der Waals surface area contributed by atoms with Gasteiger partial charge in [0.15, 0.2) is 0 Å². The Hall–Kier alpha value is -0.300. The molecule has 0 aromatic rings. The Bertz CT molecular complexity index is 123. The molecule has 0 unspecified atom stereocenters. The molecule has 0 amide bonds.